The predicted octanol–water partition coefficient (Wildman–Crippen LogP) is 3.08. The highest BCUT2D eigenvalue weighted by molar-refractivity contribution is 5.98. The summed E-state index contributed by atoms with van der Waals surface area (Å²) in [7, 11) is 0. The first kappa shape index (κ1) is 21.4. The van der Waals surface area contributed by atoms with Crippen molar-refractivity contribution in [2.75, 3.05) is 44.2 Å². The molecule has 2 heterocycles. The van der Waals surface area contributed by atoms with Crippen LogP contribution in [0.3, 0.4) is 0 Å². The second-order valence-electron chi connectivity index (χ2n) is 8.20. The second kappa shape index (κ2) is 10.4. The molecule has 0 bridgehead atoms. The van der Waals surface area contributed by atoms with Crippen LogP contribution in [-0.2, 0) is 22.6 Å². The van der Waals surface area contributed by atoms with E-state index in [1.54, 1.807) is 0 Å². The van der Waals surface area contributed by atoms with Crippen LogP contribution in [0.5, 0.6) is 0 Å². The van der Waals surface area contributed by atoms with Crippen molar-refractivity contribution in [2.45, 2.75) is 26.4 Å². The van der Waals surface area contributed by atoms with Gasteiger partial charge in [0.15, 0.2) is 5.96 Å². The quantitative estimate of drug-likeness (QED) is 0.553. The molecule has 0 aliphatic carbocycles. The van der Waals surface area contributed by atoms with Gasteiger partial charge in [-0.15, -0.1) is 0 Å². The van der Waals surface area contributed by atoms with Gasteiger partial charge in [-0.25, -0.2) is 4.99 Å². The van der Waals surface area contributed by atoms with Gasteiger partial charge in [-0.05, 0) is 37.0 Å². The second-order valence-corrected chi connectivity index (χ2v) is 8.20. The molecule has 164 valence electrons. The van der Waals surface area contributed by atoms with Gasteiger partial charge in [0.05, 0.1) is 13.2 Å². The van der Waals surface area contributed by atoms with Crippen molar-refractivity contribution in [3.63, 3.8) is 0 Å². The lowest BCUT2D eigenvalue weighted by Gasteiger charge is -2.22. The number of nitrogens with one attached hydrogen (secondary N) is 1. The first-order chi connectivity index (χ1) is 15.2. The molecule has 1 amide bonds. The molecule has 0 saturated carbocycles. The van der Waals surface area contributed by atoms with Gasteiger partial charge < -0.3 is 19.9 Å². The molecule has 1 atom stereocenters. The topological polar surface area (TPSA) is 57.2 Å². The van der Waals surface area contributed by atoms with Gasteiger partial charge in [0.1, 0.15) is 6.54 Å². The molecule has 1 saturated heterocycles. The highest BCUT2D eigenvalue weighted by Crippen LogP contribution is 2.27. The molecule has 1 unspecified atom stereocenters. The third-order valence-corrected chi connectivity index (χ3v) is 5.94. The van der Waals surface area contributed by atoms with Crippen molar-refractivity contribution in [2.24, 2.45) is 10.9 Å². The number of carbonyl (C=O) groups is 1. The number of amides is 1. The van der Waals surface area contributed by atoms with Gasteiger partial charge in [0.25, 0.3) is 0 Å². The third-order valence-electron chi connectivity index (χ3n) is 5.94. The Morgan fingerprint density at radius 1 is 1.13 bits per heavy atom. The number of benzene rings is 2. The Kier molecular flexibility index (Phi) is 7.20. The van der Waals surface area contributed by atoms with E-state index in [1.807, 2.05) is 41.3 Å². The number of hydrogen-bond acceptors (Lipinski definition) is 3. The van der Waals surface area contributed by atoms with Crippen LogP contribution in [0.1, 0.15) is 24.5 Å². The fraction of sp³-hybridized carbons (Fsp3) is 0.440. The maximum absolute atomic E-state index is 12.8. The monoisotopic (exact) mass is 420 g/mol. The van der Waals surface area contributed by atoms with E-state index in [-0.39, 0.29) is 12.5 Å². The van der Waals surface area contributed by atoms with Crippen molar-refractivity contribution in [1.29, 1.82) is 0 Å². The Balaban J connectivity index is 1.29. The minimum Gasteiger partial charge on any atom is -0.376 e. The summed E-state index contributed by atoms with van der Waals surface area (Å²) in [6, 6.07) is 18.4. The molecule has 1 fully saturated rings. The van der Waals surface area contributed by atoms with Crippen LogP contribution in [0, 0.1) is 5.92 Å². The van der Waals surface area contributed by atoms with Gasteiger partial charge >= 0.3 is 0 Å². The molecule has 2 aliphatic heterocycles. The fourth-order valence-corrected chi connectivity index (χ4v) is 4.33. The average molecular weight is 421 g/mol. The van der Waals surface area contributed by atoms with Crippen LogP contribution in [0.4, 0.5) is 5.69 Å². The maximum Gasteiger partial charge on any atom is 0.248 e. The van der Waals surface area contributed by atoms with Gasteiger partial charge in [-0.1, -0.05) is 48.5 Å². The molecule has 31 heavy (non-hydrogen) atoms. The summed E-state index contributed by atoms with van der Waals surface area (Å²) in [5.74, 6) is 1.37. The number of likely N-dealkylation sites (tertiary alicyclic amines) is 1. The zero-order chi connectivity index (χ0) is 21.5. The Morgan fingerprint density at radius 3 is 2.77 bits per heavy atom. The normalized spacial score (nSPS) is 18.4. The van der Waals surface area contributed by atoms with E-state index in [0.717, 1.165) is 57.3 Å². The molecule has 1 N–H and O–H groups in total. The number of aliphatic imine (C=N–C) groups is 1. The molecule has 2 aromatic rings. The summed E-state index contributed by atoms with van der Waals surface area (Å²) in [4.78, 5) is 21.6. The van der Waals surface area contributed by atoms with Crippen LogP contribution in [-0.4, -0.2) is 56.1 Å². The van der Waals surface area contributed by atoms with Gasteiger partial charge in [0.2, 0.25) is 5.91 Å². The highest BCUT2D eigenvalue weighted by atomic mass is 16.5. The van der Waals surface area contributed by atoms with E-state index in [0.29, 0.717) is 12.5 Å². The van der Waals surface area contributed by atoms with Gasteiger partial charge in [-0.2, -0.15) is 0 Å². The Labute approximate surface area is 184 Å². The lowest BCUT2D eigenvalue weighted by atomic mass is 10.1. The predicted molar refractivity (Wildman–Crippen MR) is 124 cm³/mol. The number of anilines is 1. The van der Waals surface area contributed by atoms with Crippen LogP contribution >= 0.6 is 0 Å². The molecule has 2 aromatic carbocycles. The minimum atomic E-state index is 0.0577. The molecular formula is C25H32N4O2. The Hall–Kier alpha value is -2.86. The lowest BCUT2D eigenvalue weighted by molar-refractivity contribution is -0.117. The molecule has 6 nitrogen and oxygen atoms in total. The average Bonchev–Trinajstić information content (AvgIpc) is 3.44. The van der Waals surface area contributed by atoms with E-state index < -0.39 is 0 Å². The fourth-order valence-electron chi connectivity index (χ4n) is 4.33. The van der Waals surface area contributed by atoms with Crippen molar-refractivity contribution >= 4 is 17.6 Å². The number of guanidine groups is 1. The van der Waals surface area contributed by atoms with E-state index in [4.69, 9.17) is 4.74 Å². The Morgan fingerprint density at radius 2 is 1.94 bits per heavy atom. The van der Waals surface area contributed by atoms with Crippen LogP contribution < -0.4 is 10.2 Å². The number of hydrogen-bond donors (Lipinski definition) is 1. The molecule has 0 radical (unpaired) electrons. The first-order valence-corrected chi connectivity index (χ1v) is 11.3. The summed E-state index contributed by atoms with van der Waals surface area (Å²) in [6.07, 6.45) is 2.00. The van der Waals surface area contributed by atoms with Crippen LogP contribution in [0.15, 0.2) is 59.6 Å². The number of fused-ring (bicyclic) bond motifs is 1. The molecule has 0 aromatic heterocycles. The number of rotatable bonds is 7. The molecule has 2 aliphatic rings. The number of para-hydroxylation sites is 1. The number of ether oxygens (including phenoxy) is 1. The van der Waals surface area contributed by atoms with E-state index in [1.165, 1.54) is 11.1 Å². The van der Waals surface area contributed by atoms with E-state index in [9.17, 15) is 4.79 Å². The zero-order valence-electron chi connectivity index (χ0n) is 18.3. The molecular weight excluding hydrogens is 388 g/mol. The third kappa shape index (κ3) is 5.44. The summed E-state index contributed by atoms with van der Waals surface area (Å²) in [5, 5.41) is 3.36. The van der Waals surface area contributed by atoms with Crippen LogP contribution in [0.25, 0.3) is 0 Å². The van der Waals surface area contributed by atoms with E-state index in [2.05, 4.69) is 40.3 Å². The molecule has 0 spiro atoms. The first-order valence-electron chi connectivity index (χ1n) is 11.3. The van der Waals surface area contributed by atoms with E-state index >= 15 is 0 Å². The largest absolute Gasteiger partial charge is 0.376 e. The number of nitrogens with zero attached hydrogens (tertiary/aromatic N) is 3. The molecule has 4 rings (SSSR count). The van der Waals surface area contributed by atoms with Crippen molar-refractivity contribution in [3.8, 4) is 0 Å². The summed E-state index contributed by atoms with van der Waals surface area (Å²) < 4.78 is 5.94. The van der Waals surface area contributed by atoms with Crippen molar-refractivity contribution in [3.05, 3.63) is 65.7 Å². The smallest absolute Gasteiger partial charge is 0.248 e. The summed E-state index contributed by atoms with van der Waals surface area (Å²) in [5.41, 5.74) is 3.48. The number of carbonyl (C=O) groups excluding carboxylic acids is 1. The van der Waals surface area contributed by atoms with Crippen LogP contribution in [0.2, 0.25) is 0 Å². The van der Waals surface area contributed by atoms with Crippen molar-refractivity contribution < 1.29 is 9.53 Å². The van der Waals surface area contributed by atoms with Gasteiger partial charge in [0, 0.05) is 37.8 Å². The molecule has 6 heteroatoms. The summed E-state index contributed by atoms with van der Waals surface area (Å²) >= 11 is 0. The minimum absolute atomic E-state index is 0.0577. The lowest BCUT2D eigenvalue weighted by Crippen LogP contribution is -2.41. The Bertz CT molecular complexity index is 899. The highest BCUT2D eigenvalue weighted by Gasteiger charge is 2.27. The van der Waals surface area contributed by atoms with Gasteiger partial charge in [-0.3, -0.25) is 4.79 Å². The maximum atomic E-state index is 12.8. The summed E-state index contributed by atoms with van der Waals surface area (Å²) in [6.45, 7) is 6.99. The van der Waals surface area contributed by atoms with Crippen molar-refractivity contribution in [1.82, 2.24) is 10.2 Å². The SMILES string of the molecule is CCNC(=NCC(=O)N1CCc2ccccc21)N1CCC(COCc2ccccc2)C1. The zero-order valence-corrected chi connectivity index (χ0v) is 18.3. The standard InChI is InChI=1S/C25H32N4O2/c1-2-26-25(27-16-24(30)29-15-13-22-10-6-7-11-23(22)29)28-14-12-21(17-28)19-31-18-20-8-4-3-5-9-20/h3-11,21H,2,12-19H2,1H3,(H,26,27).